The monoisotopic (exact) mass is 269 g/mol. The number of hydrogen-bond donors (Lipinski definition) is 3. The molecule has 0 bridgehead atoms. The van der Waals surface area contributed by atoms with Gasteiger partial charge in [-0.2, -0.15) is 0 Å². The predicted molar refractivity (Wildman–Crippen MR) is 64.9 cm³/mol. The summed E-state index contributed by atoms with van der Waals surface area (Å²) in [6.45, 7) is 1.35. The molecule has 0 aromatic carbocycles. The number of ether oxygens (including phenoxy) is 1. The standard InChI is InChI=1S/C11H15N3O5/c1-5(15)6-4-14(11(18)13-10(6)17)9-2-7(16)8(3-12)19-9/h4,7-9,16H,2-3,12H2,1H3,(H,13,17,18)/t7?,8-,9-/m0/s1. The lowest BCUT2D eigenvalue weighted by atomic mass is 10.2. The number of Topliss-reactive ketones (excluding diaryl/α,β-unsaturated/α-hetero) is 1. The van der Waals surface area contributed by atoms with E-state index in [1.165, 1.54) is 6.92 Å². The van der Waals surface area contributed by atoms with Crippen LogP contribution >= 0.6 is 0 Å². The summed E-state index contributed by atoms with van der Waals surface area (Å²) in [4.78, 5) is 36.5. The fourth-order valence-electron chi connectivity index (χ4n) is 2.05. The third kappa shape index (κ3) is 2.50. The molecule has 4 N–H and O–H groups in total. The minimum Gasteiger partial charge on any atom is -0.390 e. The van der Waals surface area contributed by atoms with Crippen LogP contribution in [0.1, 0.15) is 29.9 Å². The van der Waals surface area contributed by atoms with Crippen LogP contribution in [0, 0.1) is 0 Å². The molecule has 104 valence electrons. The van der Waals surface area contributed by atoms with Crippen molar-refractivity contribution in [2.75, 3.05) is 6.54 Å². The van der Waals surface area contributed by atoms with Gasteiger partial charge in [-0.25, -0.2) is 4.79 Å². The highest BCUT2D eigenvalue weighted by Crippen LogP contribution is 2.26. The summed E-state index contributed by atoms with van der Waals surface area (Å²) in [7, 11) is 0. The molecule has 0 aliphatic carbocycles. The maximum atomic E-state index is 11.7. The number of aliphatic hydroxyl groups excluding tert-OH is 1. The second-order valence-corrected chi connectivity index (χ2v) is 4.43. The van der Waals surface area contributed by atoms with Crippen molar-refractivity contribution in [1.29, 1.82) is 0 Å². The first-order valence-electron chi connectivity index (χ1n) is 5.84. The summed E-state index contributed by atoms with van der Waals surface area (Å²) >= 11 is 0. The molecule has 2 heterocycles. The van der Waals surface area contributed by atoms with Crippen LogP contribution in [0.5, 0.6) is 0 Å². The van der Waals surface area contributed by atoms with Crippen LogP contribution in [0.25, 0.3) is 0 Å². The number of aromatic amines is 1. The van der Waals surface area contributed by atoms with Crippen LogP contribution in [0.3, 0.4) is 0 Å². The number of ketones is 1. The lowest BCUT2D eigenvalue weighted by Gasteiger charge is -2.15. The molecule has 8 nitrogen and oxygen atoms in total. The summed E-state index contributed by atoms with van der Waals surface area (Å²) in [6.07, 6.45) is -0.768. The van der Waals surface area contributed by atoms with Gasteiger partial charge >= 0.3 is 5.69 Å². The Morgan fingerprint density at radius 2 is 2.32 bits per heavy atom. The largest absolute Gasteiger partial charge is 0.390 e. The number of hydrogen-bond acceptors (Lipinski definition) is 6. The average molecular weight is 269 g/mol. The van der Waals surface area contributed by atoms with Gasteiger partial charge in [0.25, 0.3) is 5.56 Å². The predicted octanol–water partition coefficient (Wildman–Crippen LogP) is -1.65. The van der Waals surface area contributed by atoms with Crippen molar-refractivity contribution in [2.24, 2.45) is 5.73 Å². The van der Waals surface area contributed by atoms with E-state index < -0.39 is 35.5 Å². The maximum absolute atomic E-state index is 11.7. The van der Waals surface area contributed by atoms with Gasteiger partial charge in [-0.05, 0) is 6.92 Å². The molecule has 1 aliphatic heterocycles. The van der Waals surface area contributed by atoms with Crippen LogP contribution < -0.4 is 17.0 Å². The zero-order valence-electron chi connectivity index (χ0n) is 10.3. The van der Waals surface area contributed by atoms with E-state index in [1.807, 2.05) is 0 Å². The molecule has 1 aromatic rings. The normalized spacial score (nSPS) is 26.6. The van der Waals surface area contributed by atoms with Crippen LogP contribution in [0.4, 0.5) is 0 Å². The number of nitrogens with zero attached hydrogens (tertiary/aromatic N) is 1. The van der Waals surface area contributed by atoms with E-state index in [-0.39, 0.29) is 18.5 Å². The van der Waals surface area contributed by atoms with Crippen molar-refractivity contribution in [3.05, 3.63) is 32.6 Å². The molecule has 8 heteroatoms. The molecule has 1 aliphatic rings. The number of rotatable bonds is 3. The van der Waals surface area contributed by atoms with Crippen molar-refractivity contribution < 1.29 is 14.6 Å². The molecule has 3 atom stereocenters. The number of nitrogens with one attached hydrogen (secondary N) is 1. The summed E-state index contributed by atoms with van der Waals surface area (Å²) < 4.78 is 6.51. The van der Waals surface area contributed by atoms with Crippen LogP contribution in [0.15, 0.2) is 15.8 Å². The first-order valence-corrected chi connectivity index (χ1v) is 5.84. The molecule has 1 aromatic heterocycles. The second kappa shape index (κ2) is 5.08. The fraction of sp³-hybridized carbons (Fsp3) is 0.545. The Labute approximate surface area is 107 Å². The van der Waals surface area contributed by atoms with E-state index in [0.29, 0.717) is 0 Å². The molecule has 19 heavy (non-hydrogen) atoms. The Morgan fingerprint density at radius 1 is 1.63 bits per heavy atom. The van der Waals surface area contributed by atoms with Crippen molar-refractivity contribution >= 4 is 5.78 Å². The van der Waals surface area contributed by atoms with Crippen molar-refractivity contribution in [1.82, 2.24) is 9.55 Å². The molecule has 1 saturated heterocycles. The summed E-state index contributed by atoms with van der Waals surface area (Å²) in [5, 5.41) is 9.69. The highest BCUT2D eigenvalue weighted by atomic mass is 16.5. The maximum Gasteiger partial charge on any atom is 0.330 e. The minimum atomic E-state index is -0.783. The van der Waals surface area contributed by atoms with E-state index in [1.54, 1.807) is 0 Å². The molecule has 0 spiro atoms. The van der Waals surface area contributed by atoms with Crippen molar-refractivity contribution in [3.8, 4) is 0 Å². The Kier molecular flexibility index (Phi) is 3.65. The van der Waals surface area contributed by atoms with Gasteiger partial charge in [0.2, 0.25) is 0 Å². The van der Waals surface area contributed by atoms with Crippen molar-refractivity contribution in [3.63, 3.8) is 0 Å². The third-order valence-electron chi connectivity index (χ3n) is 3.09. The van der Waals surface area contributed by atoms with E-state index in [4.69, 9.17) is 10.5 Å². The van der Waals surface area contributed by atoms with Crippen LogP contribution in [-0.2, 0) is 4.74 Å². The van der Waals surface area contributed by atoms with E-state index >= 15 is 0 Å². The second-order valence-electron chi connectivity index (χ2n) is 4.43. The van der Waals surface area contributed by atoms with Gasteiger partial charge in [0, 0.05) is 19.2 Å². The number of carbonyl (C=O) groups excluding carboxylic acids is 1. The van der Waals surface area contributed by atoms with E-state index in [0.717, 1.165) is 10.8 Å². The summed E-state index contributed by atoms with van der Waals surface area (Å²) in [6, 6.07) is 0. The smallest absolute Gasteiger partial charge is 0.330 e. The van der Waals surface area contributed by atoms with E-state index in [2.05, 4.69) is 4.98 Å². The number of nitrogens with two attached hydrogens (primary N) is 1. The van der Waals surface area contributed by atoms with Gasteiger partial charge in [0.1, 0.15) is 6.23 Å². The highest BCUT2D eigenvalue weighted by molar-refractivity contribution is 5.93. The lowest BCUT2D eigenvalue weighted by molar-refractivity contribution is -0.0152. The van der Waals surface area contributed by atoms with Crippen molar-refractivity contribution in [2.45, 2.75) is 31.8 Å². The highest BCUT2D eigenvalue weighted by Gasteiger charge is 2.34. The molecule has 0 amide bonds. The Bertz CT molecular complexity index is 605. The van der Waals surface area contributed by atoms with Gasteiger partial charge in [-0.1, -0.05) is 0 Å². The first-order chi connectivity index (χ1) is 8.93. The zero-order chi connectivity index (χ0) is 14.2. The molecular weight excluding hydrogens is 254 g/mol. The van der Waals surface area contributed by atoms with Gasteiger partial charge in [-0.3, -0.25) is 19.1 Å². The quantitative estimate of drug-likeness (QED) is 0.564. The molecule has 2 rings (SSSR count). The number of aromatic nitrogens is 2. The molecular formula is C11H15N3O5. The Balaban J connectivity index is 2.41. The van der Waals surface area contributed by atoms with Crippen LogP contribution in [-0.4, -0.2) is 39.2 Å². The lowest BCUT2D eigenvalue weighted by Crippen LogP contribution is -2.35. The summed E-state index contributed by atoms with van der Waals surface area (Å²) in [5.74, 6) is -0.455. The average Bonchev–Trinajstić information content (AvgIpc) is 2.69. The third-order valence-corrected chi connectivity index (χ3v) is 3.09. The number of carbonyl (C=O) groups is 1. The Morgan fingerprint density at radius 3 is 2.84 bits per heavy atom. The first kappa shape index (κ1) is 13.7. The molecule has 1 unspecified atom stereocenters. The number of aliphatic hydroxyl groups is 1. The molecule has 0 radical (unpaired) electrons. The molecule has 1 fully saturated rings. The summed E-state index contributed by atoms with van der Waals surface area (Å²) in [5.41, 5.74) is 3.87. The van der Waals surface area contributed by atoms with Gasteiger partial charge < -0.3 is 15.6 Å². The molecule has 0 saturated carbocycles. The SMILES string of the molecule is CC(=O)c1cn([C@@H]2CC(O)[C@H](CN)O2)c(=O)[nH]c1=O. The Hall–Kier alpha value is -1.77. The number of H-pyrrole nitrogens is 1. The van der Waals surface area contributed by atoms with Gasteiger partial charge in [0.05, 0.1) is 17.8 Å². The fourth-order valence-corrected chi connectivity index (χ4v) is 2.05. The van der Waals surface area contributed by atoms with Gasteiger partial charge in [0.15, 0.2) is 5.78 Å². The van der Waals surface area contributed by atoms with Gasteiger partial charge in [-0.15, -0.1) is 0 Å². The zero-order valence-corrected chi connectivity index (χ0v) is 10.3. The van der Waals surface area contributed by atoms with Crippen LogP contribution in [0.2, 0.25) is 0 Å². The van der Waals surface area contributed by atoms with E-state index in [9.17, 15) is 19.5 Å². The minimum absolute atomic E-state index is 0.120. The topological polar surface area (TPSA) is 127 Å².